The Balaban J connectivity index is 1.35. The molecular formula is C24H20N6O4. The molecule has 0 saturated heterocycles. The molecule has 0 bridgehead atoms. The van der Waals surface area contributed by atoms with E-state index in [2.05, 4.69) is 20.7 Å². The molecule has 170 valence electrons. The Hall–Kier alpha value is -4.73. The molecular weight excluding hydrogens is 436 g/mol. The van der Waals surface area contributed by atoms with Gasteiger partial charge in [-0.05, 0) is 23.3 Å². The van der Waals surface area contributed by atoms with E-state index in [1.54, 1.807) is 31.3 Å². The number of aryl methyl sites for hydroxylation is 1. The van der Waals surface area contributed by atoms with E-state index in [1.807, 2.05) is 30.3 Å². The lowest BCUT2D eigenvalue weighted by Crippen LogP contribution is -2.28. The molecule has 0 fully saturated rings. The van der Waals surface area contributed by atoms with Crippen molar-refractivity contribution in [1.29, 1.82) is 0 Å². The summed E-state index contributed by atoms with van der Waals surface area (Å²) in [6.45, 7) is 0.543. The second-order valence-corrected chi connectivity index (χ2v) is 7.71. The molecule has 34 heavy (non-hydrogen) atoms. The zero-order valence-electron chi connectivity index (χ0n) is 18.2. The molecule has 2 aromatic carbocycles. The molecule has 2 amide bonds. The normalized spacial score (nSPS) is 11.1. The molecule has 0 aliphatic rings. The fourth-order valence-corrected chi connectivity index (χ4v) is 3.61. The van der Waals surface area contributed by atoms with Crippen LogP contribution in [0.15, 0.2) is 76.1 Å². The highest BCUT2D eigenvalue weighted by atomic mass is 16.4. The third-order valence-electron chi connectivity index (χ3n) is 5.43. The molecule has 3 heterocycles. The average molecular weight is 456 g/mol. The lowest BCUT2D eigenvalue weighted by molar-refractivity contribution is 0.0942. The monoisotopic (exact) mass is 456 g/mol. The van der Waals surface area contributed by atoms with Gasteiger partial charge < -0.3 is 15.1 Å². The summed E-state index contributed by atoms with van der Waals surface area (Å²) in [5, 5.41) is 9.81. The predicted octanol–water partition coefficient (Wildman–Crippen LogP) is 2.03. The summed E-state index contributed by atoms with van der Waals surface area (Å²) in [4.78, 5) is 41.7. The summed E-state index contributed by atoms with van der Waals surface area (Å²) in [6.07, 6.45) is 1.52. The largest absolute Gasteiger partial charge is 0.419 e. The molecule has 5 aromatic rings. The van der Waals surface area contributed by atoms with Crippen molar-refractivity contribution < 1.29 is 14.0 Å². The van der Waals surface area contributed by atoms with Gasteiger partial charge in [0, 0.05) is 32.3 Å². The maximum absolute atomic E-state index is 12.9. The lowest BCUT2D eigenvalue weighted by Gasteiger charge is -2.10. The van der Waals surface area contributed by atoms with Crippen LogP contribution in [0.3, 0.4) is 0 Å². The van der Waals surface area contributed by atoms with Crippen molar-refractivity contribution in [2.24, 2.45) is 7.05 Å². The van der Waals surface area contributed by atoms with Crippen molar-refractivity contribution in [3.8, 4) is 0 Å². The molecule has 0 aliphatic carbocycles. The van der Waals surface area contributed by atoms with Gasteiger partial charge in [0.15, 0.2) is 11.2 Å². The Labute approximate surface area is 192 Å². The number of hydrogen-bond acceptors (Lipinski definition) is 6. The number of fused-ring (bicyclic) bond motifs is 2. The van der Waals surface area contributed by atoms with E-state index in [0.717, 1.165) is 11.1 Å². The number of nitrogens with zero attached hydrogens (tertiary/aromatic N) is 4. The molecule has 2 N–H and O–H groups in total. The average Bonchev–Trinajstić information content (AvgIpc) is 3.45. The van der Waals surface area contributed by atoms with Gasteiger partial charge in [0.1, 0.15) is 11.4 Å². The Bertz CT molecular complexity index is 1580. The van der Waals surface area contributed by atoms with Gasteiger partial charge in [0.2, 0.25) is 0 Å². The topological polar surface area (TPSA) is 124 Å². The van der Waals surface area contributed by atoms with Crippen molar-refractivity contribution in [3.63, 3.8) is 0 Å². The van der Waals surface area contributed by atoms with E-state index in [-0.39, 0.29) is 23.8 Å². The standard InChI is InChI=1S/C24H20N6O4/c1-29-18-11-16(7-8-20(18)34-24(29)33)14-25-22(31)17-12-19(30-21(28-17)9-10-27-30)23(32)26-13-15-5-3-2-4-6-15/h2-12H,13-14H2,1H3,(H,25,31)(H,26,32). The SMILES string of the molecule is Cn1c(=O)oc2ccc(CNC(=O)c3cc(C(=O)NCc4ccccc4)n4nccc4n3)cc21. The Morgan fingerprint density at radius 1 is 0.941 bits per heavy atom. The second-order valence-electron chi connectivity index (χ2n) is 7.71. The molecule has 3 aromatic heterocycles. The van der Waals surface area contributed by atoms with Crippen molar-refractivity contribution in [2.45, 2.75) is 13.1 Å². The number of aromatic nitrogens is 4. The van der Waals surface area contributed by atoms with Crippen LogP contribution in [-0.4, -0.2) is 31.0 Å². The van der Waals surface area contributed by atoms with Gasteiger partial charge >= 0.3 is 5.76 Å². The lowest BCUT2D eigenvalue weighted by atomic mass is 10.2. The van der Waals surface area contributed by atoms with Gasteiger partial charge in [0.05, 0.1) is 11.7 Å². The first-order chi connectivity index (χ1) is 16.5. The molecule has 0 radical (unpaired) electrons. The summed E-state index contributed by atoms with van der Waals surface area (Å²) in [5.41, 5.74) is 3.51. The Morgan fingerprint density at radius 2 is 1.71 bits per heavy atom. The number of benzene rings is 2. The molecule has 10 heteroatoms. The van der Waals surface area contributed by atoms with E-state index in [0.29, 0.717) is 23.3 Å². The Morgan fingerprint density at radius 3 is 2.53 bits per heavy atom. The maximum Gasteiger partial charge on any atom is 0.419 e. The van der Waals surface area contributed by atoms with Crippen LogP contribution < -0.4 is 16.4 Å². The van der Waals surface area contributed by atoms with E-state index in [1.165, 1.54) is 21.3 Å². The second kappa shape index (κ2) is 8.66. The number of hydrogen-bond donors (Lipinski definition) is 2. The first kappa shape index (κ1) is 21.1. The zero-order valence-corrected chi connectivity index (χ0v) is 18.2. The van der Waals surface area contributed by atoms with Gasteiger partial charge in [-0.1, -0.05) is 36.4 Å². The third kappa shape index (κ3) is 4.04. The first-order valence-corrected chi connectivity index (χ1v) is 10.5. The fraction of sp³-hybridized carbons (Fsp3) is 0.125. The van der Waals surface area contributed by atoms with Gasteiger partial charge in [-0.25, -0.2) is 14.3 Å². The minimum absolute atomic E-state index is 0.0923. The van der Waals surface area contributed by atoms with Crippen molar-refractivity contribution >= 4 is 28.6 Å². The number of oxazole rings is 1. The summed E-state index contributed by atoms with van der Waals surface area (Å²) in [5.74, 6) is -1.27. The van der Waals surface area contributed by atoms with Gasteiger partial charge in [-0.2, -0.15) is 5.10 Å². The Kier molecular flexibility index (Phi) is 5.38. The molecule has 10 nitrogen and oxygen atoms in total. The maximum atomic E-state index is 12.9. The highest BCUT2D eigenvalue weighted by Gasteiger charge is 2.18. The smallest absolute Gasteiger partial charge is 0.408 e. The van der Waals surface area contributed by atoms with E-state index in [4.69, 9.17) is 4.42 Å². The molecule has 0 aliphatic heterocycles. The van der Waals surface area contributed by atoms with E-state index >= 15 is 0 Å². The summed E-state index contributed by atoms with van der Waals surface area (Å²) >= 11 is 0. The van der Waals surface area contributed by atoms with Crippen LogP contribution in [0.5, 0.6) is 0 Å². The van der Waals surface area contributed by atoms with Crippen molar-refractivity contribution in [2.75, 3.05) is 0 Å². The molecule has 0 atom stereocenters. The quantitative estimate of drug-likeness (QED) is 0.403. The minimum Gasteiger partial charge on any atom is -0.408 e. The summed E-state index contributed by atoms with van der Waals surface area (Å²) in [7, 11) is 1.62. The predicted molar refractivity (Wildman–Crippen MR) is 123 cm³/mol. The van der Waals surface area contributed by atoms with Gasteiger partial charge in [0.25, 0.3) is 11.8 Å². The third-order valence-corrected chi connectivity index (χ3v) is 5.43. The summed E-state index contributed by atoms with van der Waals surface area (Å²) in [6, 6.07) is 17.8. The zero-order chi connectivity index (χ0) is 23.7. The van der Waals surface area contributed by atoms with E-state index in [9.17, 15) is 14.4 Å². The van der Waals surface area contributed by atoms with Crippen LogP contribution in [0.25, 0.3) is 16.7 Å². The van der Waals surface area contributed by atoms with Crippen LogP contribution in [-0.2, 0) is 20.1 Å². The van der Waals surface area contributed by atoms with Crippen LogP contribution in [0.2, 0.25) is 0 Å². The minimum atomic E-state index is -0.451. The van der Waals surface area contributed by atoms with Gasteiger partial charge in [-0.3, -0.25) is 14.2 Å². The molecule has 0 unspecified atom stereocenters. The summed E-state index contributed by atoms with van der Waals surface area (Å²) < 4.78 is 7.92. The molecule has 0 saturated carbocycles. The number of nitrogens with one attached hydrogen (secondary N) is 2. The number of carbonyl (C=O) groups is 2. The van der Waals surface area contributed by atoms with Crippen molar-refractivity contribution in [1.82, 2.24) is 29.8 Å². The highest BCUT2D eigenvalue weighted by molar-refractivity contribution is 5.98. The number of amides is 2. The number of rotatable bonds is 6. The van der Waals surface area contributed by atoms with Crippen LogP contribution in [0, 0.1) is 0 Å². The van der Waals surface area contributed by atoms with Crippen molar-refractivity contribution in [3.05, 3.63) is 99.9 Å². The fourth-order valence-electron chi connectivity index (χ4n) is 3.61. The highest BCUT2D eigenvalue weighted by Crippen LogP contribution is 2.15. The molecule has 5 rings (SSSR count). The van der Waals surface area contributed by atoms with Crippen LogP contribution >= 0.6 is 0 Å². The van der Waals surface area contributed by atoms with Gasteiger partial charge in [-0.15, -0.1) is 0 Å². The van der Waals surface area contributed by atoms with Crippen LogP contribution in [0.4, 0.5) is 0 Å². The van der Waals surface area contributed by atoms with Crippen LogP contribution in [0.1, 0.15) is 32.1 Å². The number of carbonyl (C=O) groups excluding carboxylic acids is 2. The first-order valence-electron chi connectivity index (χ1n) is 10.5. The molecule has 0 spiro atoms. The van der Waals surface area contributed by atoms with E-state index < -0.39 is 11.7 Å².